The first-order chi connectivity index (χ1) is 10.9. The van der Waals surface area contributed by atoms with Crippen LogP contribution in [0.25, 0.3) is 0 Å². The molecule has 2 aromatic rings. The molecule has 0 aromatic heterocycles. The molecular formula is C16H20N4O2S. The van der Waals surface area contributed by atoms with Crippen molar-refractivity contribution in [3.8, 4) is 0 Å². The number of aliphatic imine (C=N–C) groups is 1. The summed E-state index contributed by atoms with van der Waals surface area (Å²) in [6, 6.07) is 14.4. The minimum absolute atomic E-state index is 0.206. The first-order valence-electron chi connectivity index (χ1n) is 7.07. The number of rotatable bonds is 5. The van der Waals surface area contributed by atoms with Gasteiger partial charge < -0.3 is 11.1 Å². The van der Waals surface area contributed by atoms with Gasteiger partial charge >= 0.3 is 0 Å². The van der Waals surface area contributed by atoms with Crippen LogP contribution in [0.1, 0.15) is 11.1 Å². The van der Waals surface area contributed by atoms with Crippen LogP contribution >= 0.6 is 0 Å². The van der Waals surface area contributed by atoms with Crippen molar-refractivity contribution in [2.24, 2.45) is 10.7 Å². The van der Waals surface area contributed by atoms with Crippen molar-refractivity contribution in [2.75, 3.05) is 12.4 Å². The van der Waals surface area contributed by atoms with Gasteiger partial charge in [-0.1, -0.05) is 29.8 Å². The Balaban J connectivity index is 2.07. The summed E-state index contributed by atoms with van der Waals surface area (Å²) in [6.45, 7) is 2.30. The standard InChI is InChI=1S/C16H20N4O2S/c1-12-6-8-14(9-7-12)20-16(17)19-11-13-4-3-5-15(10-13)23(21,22)18-2/h3-10,18H,11H2,1-2H3,(H3,17,19,20). The van der Waals surface area contributed by atoms with Crippen molar-refractivity contribution in [1.82, 2.24) is 4.72 Å². The Hall–Kier alpha value is -2.38. The zero-order valence-electron chi connectivity index (χ0n) is 13.1. The average molecular weight is 332 g/mol. The Morgan fingerprint density at radius 1 is 1.17 bits per heavy atom. The van der Waals surface area contributed by atoms with Gasteiger partial charge in [0.1, 0.15) is 0 Å². The summed E-state index contributed by atoms with van der Waals surface area (Å²) < 4.78 is 25.8. The lowest BCUT2D eigenvalue weighted by molar-refractivity contribution is 0.588. The van der Waals surface area contributed by atoms with Crippen LogP contribution in [0.3, 0.4) is 0 Å². The molecule has 0 radical (unpaired) electrons. The van der Waals surface area contributed by atoms with Crippen LogP contribution in [0.5, 0.6) is 0 Å². The highest BCUT2D eigenvalue weighted by atomic mass is 32.2. The van der Waals surface area contributed by atoms with Crippen molar-refractivity contribution in [3.05, 3.63) is 59.7 Å². The molecule has 4 N–H and O–H groups in total. The molecule has 0 aliphatic heterocycles. The van der Waals surface area contributed by atoms with Crippen LogP contribution in [0.4, 0.5) is 5.69 Å². The molecule has 0 amide bonds. The third-order valence-corrected chi connectivity index (χ3v) is 4.65. The summed E-state index contributed by atoms with van der Waals surface area (Å²) in [5.41, 5.74) is 8.62. The number of nitrogens with one attached hydrogen (secondary N) is 2. The SMILES string of the molecule is CNS(=O)(=O)c1cccc(CN=C(N)Nc2ccc(C)cc2)c1. The summed E-state index contributed by atoms with van der Waals surface area (Å²) >= 11 is 0. The molecular weight excluding hydrogens is 312 g/mol. The minimum Gasteiger partial charge on any atom is -0.370 e. The smallest absolute Gasteiger partial charge is 0.240 e. The van der Waals surface area contributed by atoms with Gasteiger partial charge in [0.2, 0.25) is 10.0 Å². The van der Waals surface area contributed by atoms with Crippen molar-refractivity contribution in [2.45, 2.75) is 18.4 Å². The predicted molar refractivity (Wildman–Crippen MR) is 92.8 cm³/mol. The van der Waals surface area contributed by atoms with E-state index in [1.807, 2.05) is 31.2 Å². The summed E-state index contributed by atoms with van der Waals surface area (Å²) in [5, 5.41) is 2.99. The van der Waals surface area contributed by atoms with Gasteiger partial charge in [0.15, 0.2) is 5.96 Å². The van der Waals surface area contributed by atoms with E-state index in [1.54, 1.807) is 18.2 Å². The maximum absolute atomic E-state index is 11.8. The van der Waals surface area contributed by atoms with Gasteiger partial charge in [-0.05, 0) is 43.8 Å². The van der Waals surface area contributed by atoms with E-state index in [0.717, 1.165) is 16.8 Å². The highest BCUT2D eigenvalue weighted by Crippen LogP contribution is 2.12. The van der Waals surface area contributed by atoms with E-state index < -0.39 is 10.0 Å². The molecule has 0 heterocycles. The van der Waals surface area contributed by atoms with Crippen LogP contribution in [-0.4, -0.2) is 21.4 Å². The fourth-order valence-electron chi connectivity index (χ4n) is 1.93. The second-order valence-corrected chi connectivity index (χ2v) is 6.93. The number of aryl methyl sites for hydroxylation is 1. The van der Waals surface area contributed by atoms with Gasteiger partial charge in [0.05, 0.1) is 11.4 Å². The van der Waals surface area contributed by atoms with E-state index in [1.165, 1.54) is 13.1 Å². The monoisotopic (exact) mass is 332 g/mol. The number of hydrogen-bond acceptors (Lipinski definition) is 3. The molecule has 2 rings (SSSR count). The van der Waals surface area contributed by atoms with Crippen molar-refractivity contribution < 1.29 is 8.42 Å². The molecule has 0 saturated carbocycles. The molecule has 0 fully saturated rings. The zero-order valence-corrected chi connectivity index (χ0v) is 13.9. The third kappa shape index (κ3) is 4.80. The Morgan fingerprint density at radius 3 is 2.52 bits per heavy atom. The fourth-order valence-corrected chi connectivity index (χ4v) is 2.73. The lowest BCUT2D eigenvalue weighted by Gasteiger charge is -2.07. The normalized spacial score (nSPS) is 12.2. The summed E-state index contributed by atoms with van der Waals surface area (Å²) in [6.07, 6.45) is 0. The van der Waals surface area contributed by atoms with Crippen molar-refractivity contribution >= 4 is 21.7 Å². The highest BCUT2D eigenvalue weighted by Gasteiger charge is 2.11. The number of anilines is 1. The highest BCUT2D eigenvalue weighted by molar-refractivity contribution is 7.89. The van der Waals surface area contributed by atoms with E-state index >= 15 is 0 Å². The molecule has 0 unspecified atom stereocenters. The molecule has 0 saturated heterocycles. The molecule has 0 atom stereocenters. The number of nitrogens with two attached hydrogens (primary N) is 1. The molecule has 122 valence electrons. The molecule has 23 heavy (non-hydrogen) atoms. The van der Waals surface area contributed by atoms with Crippen molar-refractivity contribution in [3.63, 3.8) is 0 Å². The topological polar surface area (TPSA) is 96.6 Å². The number of guanidine groups is 1. The molecule has 0 bridgehead atoms. The number of hydrogen-bond donors (Lipinski definition) is 3. The van der Waals surface area contributed by atoms with Gasteiger partial charge in [-0.15, -0.1) is 0 Å². The zero-order chi connectivity index (χ0) is 16.9. The Kier molecular flexibility index (Phi) is 5.36. The van der Waals surface area contributed by atoms with Crippen molar-refractivity contribution in [1.29, 1.82) is 0 Å². The van der Waals surface area contributed by atoms with E-state index in [2.05, 4.69) is 15.0 Å². The molecule has 7 heteroatoms. The Bertz CT molecular complexity index is 799. The lowest BCUT2D eigenvalue weighted by atomic mass is 10.2. The average Bonchev–Trinajstić information content (AvgIpc) is 2.55. The Morgan fingerprint density at radius 2 is 1.87 bits per heavy atom. The van der Waals surface area contributed by atoms with Gasteiger partial charge in [-0.2, -0.15) is 0 Å². The van der Waals surface area contributed by atoms with E-state index in [4.69, 9.17) is 5.73 Å². The van der Waals surface area contributed by atoms with Crippen LogP contribution in [0, 0.1) is 6.92 Å². The second kappa shape index (κ2) is 7.26. The molecule has 0 aliphatic carbocycles. The Labute approximate surface area is 136 Å². The van der Waals surface area contributed by atoms with E-state index in [-0.39, 0.29) is 17.4 Å². The molecule has 2 aromatic carbocycles. The maximum atomic E-state index is 11.8. The van der Waals surface area contributed by atoms with Crippen LogP contribution in [0.2, 0.25) is 0 Å². The maximum Gasteiger partial charge on any atom is 0.240 e. The quantitative estimate of drug-likeness (QED) is 0.575. The first-order valence-corrected chi connectivity index (χ1v) is 8.55. The number of nitrogens with zero attached hydrogens (tertiary/aromatic N) is 1. The predicted octanol–water partition coefficient (Wildman–Crippen LogP) is 1.83. The molecule has 0 spiro atoms. The number of benzene rings is 2. The van der Waals surface area contributed by atoms with Gasteiger partial charge in [0, 0.05) is 5.69 Å². The largest absolute Gasteiger partial charge is 0.370 e. The summed E-state index contributed by atoms with van der Waals surface area (Å²) in [5.74, 6) is 0.274. The fraction of sp³-hybridized carbons (Fsp3) is 0.188. The van der Waals surface area contributed by atoms with Gasteiger partial charge in [0.25, 0.3) is 0 Å². The first kappa shape index (κ1) is 17.0. The van der Waals surface area contributed by atoms with E-state index in [0.29, 0.717) is 0 Å². The van der Waals surface area contributed by atoms with Crippen LogP contribution < -0.4 is 15.8 Å². The second-order valence-electron chi connectivity index (χ2n) is 5.05. The van der Waals surface area contributed by atoms with Gasteiger partial charge in [-0.3, -0.25) is 0 Å². The molecule has 6 nitrogen and oxygen atoms in total. The lowest BCUT2D eigenvalue weighted by Crippen LogP contribution is -2.22. The number of sulfonamides is 1. The molecule has 0 aliphatic rings. The van der Waals surface area contributed by atoms with Crippen LogP contribution in [0.15, 0.2) is 58.4 Å². The summed E-state index contributed by atoms with van der Waals surface area (Å²) in [4.78, 5) is 4.44. The van der Waals surface area contributed by atoms with E-state index in [9.17, 15) is 8.42 Å². The summed E-state index contributed by atoms with van der Waals surface area (Å²) in [7, 11) is -2.08. The van der Waals surface area contributed by atoms with Gasteiger partial charge in [-0.25, -0.2) is 18.1 Å². The third-order valence-electron chi connectivity index (χ3n) is 3.23. The van der Waals surface area contributed by atoms with Crippen LogP contribution in [-0.2, 0) is 16.6 Å². The minimum atomic E-state index is -3.46.